The van der Waals surface area contributed by atoms with Crippen LogP contribution in [-0.2, 0) is 0 Å². The number of fused-ring (bicyclic) bond motifs is 1. The SMILES string of the molecule is S=C1CC2NC(=S)NC2C1. The predicted octanol–water partition coefficient (Wildman–Crippen LogP) is 0.365. The van der Waals surface area contributed by atoms with Crippen molar-refractivity contribution in [1.82, 2.24) is 10.6 Å². The number of rotatable bonds is 0. The Balaban J connectivity index is 2.12. The van der Waals surface area contributed by atoms with E-state index in [2.05, 4.69) is 10.6 Å². The summed E-state index contributed by atoms with van der Waals surface area (Å²) >= 11 is 10.0. The van der Waals surface area contributed by atoms with Crippen molar-refractivity contribution in [3.63, 3.8) is 0 Å². The van der Waals surface area contributed by atoms with E-state index in [1.807, 2.05) is 0 Å². The fourth-order valence-corrected chi connectivity index (χ4v) is 2.20. The normalized spacial score (nSPS) is 37.2. The molecule has 0 bridgehead atoms. The molecular formula is C6H8N2S2. The summed E-state index contributed by atoms with van der Waals surface area (Å²) in [5.74, 6) is 0. The molecule has 0 amide bonds. The molecule has 2 rings (SSSR count). The molecule has 2 N–H and O–H groups in total. The fourth-order valence-electron chi connectivity index (χ4n) is 1.54. The molecule has 4 heteroatoms. The monoisotopic (exact) mass is 172 g/mol. The highest BCUT2D eigenvalue weighted by molar-refractivity contribution is 7.80. The van der Waals surface area contributed by atoms with Crippen molar-refractivity contribution >= 4 is 34.4 Å². The van der Waals surface area contributed by atoms with Crippen LogP contribution in [0.15, 0.2) is 0 Å². The van der Waals surface area contributed by atoms with Gasteiger partial charge in [-0.1, -0.05) is 12.2 Å². The lowest BCUT2D eigenvalue weighted by atomic mass is 10.2. The quantitative estimate of drug-likeness (QED) is 0.515. The average Bonchev–Trinajstić information content (AvgIpc) is 2.21. The Morgan fingerprint density at radius 2 is 1.60 bits per heavy atom. The number of hydrogen-bond donors (Lipinski definition) is 2. The summed E-state index contributed by atoms with van der Waals surface area (Å²) in [6.07, 6.45) is 2.01. The molecule has 0 aromatic carbocycles. The van der Waals surface area contributed by atoms with Crippen LogP contribution in [0.3, 0.4) is 0 Å². The molecule has 0 spiro atoms. The summed E-state index contributed by atoms with van der Waals surface area (Å²) in [6.45, 7) is 0. The van der Waals surface area contributed by atoms with Crippen LogP contribution in [0.1, 0.15) is 12.8 Å². The third-order valence-electron chi connectivity index (χ3n) is 2.01. The summed E-state index contributed by atoms with van der Waals surface area (Å²) in [7, 11) is 0. The van der Waals surface area contributed by atoms with Gasteiger partial charge in [-0.25, -0.2) is 0 Å². The zero-order valence-electron chi connectivity index (χ0n) is 5.39. The second-order valence-corrected chi connectivity index (χ2v) is 3.76. The minimum atomic E-state index is 0.486. The van der Waals surface area contributed by atoms with Crippen molar-refractivity contribution in [1.29, 1.82) is 0 Å². The van der Waals surface area contributed by atoms with Crippen molar-refractivity contribution in [3.05, 3.63) is 0 Å². The lowest BCUT2D eigenvalue weighted by Gasteiger charge is -2.03. The third kappa shape index (κ3) is 0.914. The van der Waals surface area contributed by atoms with Gasteiger partial charge in [-0.2, -0.15) is 0 Å². The van der Waals surface area contributed by atoms with Gasteiger partial charge in [0.2, 0.25) is 0 Å². The first-order valence-electron chi connectivity index (χ1n) is 3.34. The van der Waals surface area contributed by atoms with E-state index in [-0.39, 0.29) is 0 Å². The Morgan fingerprint density at radius 1 is 1.10 bits per heavy atom. The van der Waals surface area contributed by atoms with Crippen LogP contribution < -0.4 is 10.6 Å². The summed E-state index contributed by atoms with van der Waals surface area (Å²) in [5.41, 5.74) is 0. The van der Waals surface area contributed by atoms with E-state index < -0.39 is 0 Å². The van der Waals surface area contributed by atoms with Gasteiger partial charge >= 0.3 is 0 Å². The summed E-state index contributed by atoms with van der Waals surface area (Å²) in [4.78, 5) is 1.16. The van der Waals surface area contributed by atoms with Gasteiger partial charge in [0.05, 0.1) is 12.1 Å². The topological polar surface area (TPSA) is 24.1 Å². The lowest BCUT2D eigenvalue weighted by molar-refractivity contribution is 0.583. The number of thiocarbonyl (C=S) groups is 2. The van der Waals surface area contributed by atoms with Crippen molar-refractivity contribution < 1.29 is 0 Å². The molecule has 1 saturated carbocycles. The maximum Gasteiger partial charge on any atom is 0.166 e. The second-order valence-electron chi connectivity index (χ2n) is 2.78. The van der Waals surface area contributed by atoms with E-state index in [9.17, 15) is 0 Å². The first-order chi connectivity index (χ1) is 4.75. The van der Waals surface area contributed by atoms with Crippen molar-refractivity contribution in [2.45, 2.75) is 24.9 Å². The smallest absolute Gasteiger partial charge is 0.166 e. The zero-order chi connectivity index (χ0) is 7.14. The molecule has 1 heterocycles. The van der Waals surface area contributed by atoms with E-state index in [0.29, 0.717) is 12.1 Å². The van der Waals surface area contributed by atoms with Gasteiger partial charge in [-0.15, -0.1) is 0 Å². The molecule has 1 saturated heterocycles. The Bertz CT molecular complexity index is 164. The van der Waals surface area contributed by atoms with Gasteiger partial charge in [0, 0.05) is 12.8 Å². The molecule has 2 unspecified atom stereocenters. The van der Waals surface area contributed by atoms with Gasteiger partial charge < -0.3 is 10.6 Å². The Kier molecular flexibility index (Phi) is 1.38. The third-order valence-corrected chi connectivity index (χ3v) is 2.58. The van der Waals surface area contributed by atoms with Crippen LogP contribution in [0, 0.1) is 0 Å². The Labute approximate surface area is 70.4 Å². The summed E-state index contributed by atoms with van der Waals surface area (Å²) < 4.78 is 0. The summed E-state index contributed by atoms with van der Waals surface area (Å²) in [6, 6.07) is 0.972. The second kappa shape index (κ2) is 2.13. The number of hydrogen-bond acceptors (Lipinski definition) is 2. The van der Waals surface area contributed by atoms with E-state index in [4.69, 9.17) is 24.4 Å². The molecule has 2 atom stereocenters. The molecule has 0 aromatic rings. The van der Waals surface area contributed by atoms with Gasteiger partial charge in [-0.3, -0.25) is 0 Å². The van der Waals surface area contributed by atoms with E-state index in [1.54, 1.807) is 0 Å². The first-order valence-corrected chi connectivity index (χ1v) is 4.16. The minimum absolute atomic E-state index is 0.486. The van der Waals surface area contributed by atoms with E-state index in [0.717, 1.165) is 22.8 Å². The summed E-state index contributed by atoms with van der Waals surface area (Å²) in [5, 5.41) is 7.15. The first kappa shape index (κ1) is 6.49. The molecule has 10 heavy (non-hydrogen) atoms. The largest absolute Gasteiger partial charge is 0.358 e. The van der Waals surface area contributed by atoms with Gasteiger partial charge in [0.15, 0.2) is 5.11 Å². The Morgan fingerprint density at radius 3 is 2.10 bits per heavy atom. The van der Waals surface area contributed by atoms with Crippen LogP contribution in [0.4, 0.5) is 0 Å². The van der Waals surface area contributed by atoms with Crippen LogP contribution in [0.2, 0.25) is 0 Å². The molecule has 0 radical (unpaired) electrons. The lowest BCUT2D eigenvalue weighted by Crippen LogP contribution is -2.26. The van der Waals surface area contributed by atoms with Crippen molar-refractivity contribution in [2.75, 3.05) is 0 Å². The van der Waals surface area contributed by atoms with Crippen LogP contribution >= 0.6 is 24.4 Å². The van der Waals surface area contributed by atoms with Gasteiger partial charge in [-0.05, 0) is 17.1 Å². The minimum Gasteiger partial charge on any atom is -0.358 e. The predicted molar refractivity (Wildman–Crippen MR) is 48.3 cm³/mol. The van der Waals surface area contributed by atoms with Crippen LogP contribution in [-0.4, -0.2) is 22.1 Å². The molecular weight excluding hydrogens is 164 g/mol. The van der Waals surface area contributed by atoms with Crippen molar-refractivity contribution in [3.8, 4) is 0 Å². The molecule has 2 aliphatic rings. The standard InChI is InChI=1S/C6H8N2S2/c9-3-1-4-5(2-3)8-6(10)7-4/h4-5H,1-2H2,(H2,7,8,10). The highest BCUT2D eigenvalue weighted by Crippen LogP contribution is 2.20. The van der Waals surface area contributed by atoms with Gasteiger partial charge in [0.1, 0.15) is 0 Å². The van der Waals surface area contributed by atoms with Gasteiger partial charge in [0.25, 0.3) is 0 Å². The van der Waals surface area contributed by atoms with Crippen LogP contribution in [0.25, 0.3) is 0 Å². The molecule has 1 aliphatic heterocycles. The highest BCUT2D eigenvalue weighted by Gasteiger charge is 2.35. The number of nitrogens with one attached hydrogen (secondary N) is 2. The van der Waals surface area contributed by atoms with Crippen molar-refractivity contribution in [2.24, 2.45) is 0 Å². The molecule has 54 valence electrons. The molecule has 2 nitrogen and oxygen atoms in total. The molecule has 1 aliphatic carbocycles. The highest BCUT2D eigenvalue weighted by atomic mass is 32.1. The molecule has 0 aromatic heterocycles. The van der Waals surface area contributed by atoms with E-state index in [1.165, 1.54) is 0 Å². The van der Waals surface area contributed by atoms with Crippen LogP contribution in [0.5, 0.6) is 0 Å². The maximum absolute atomic E-state index is 5.09. The zero-order valence-corrected chi connectivity index (χ0v) is 7.02. The average molecular weight is 172 g/mol. The molecule has 2 fully saturated rings. The Hall–Kier alpha value is -0.220. The fraction of sp³-hybridized carbons (Fsp3) is 0.667. The maximum atomic E-state index is 5.09. The van der Waals surface area contributed by atoms with E-state index >= 15 is 0 Å².